The van der Waals surface area contributed by atoms with Crippen molar-refractivity contribution in [3.05, 3.63) is 46.2 Å². The van der Waals surface area contributed by atoms with Crippen LogP contribution in [0.3, 0.4) is 0 Å². The number of halogens is 1. The molecule has 1 N–H and O–H groups in total. The Bertz CT molecular complexity index is 637. The lowest BCUT2D eigenvalue weighted by Crippen LogP contribution is -2.06. The molecule has 0 spiro atoms. The monoisotopic (exact) mass is 294 g/mol. The van der Waals surface area contributed by atoms with E-state index in [0.29, 0.717) is 5.02 Å². The number of ether oxygens (including phenoxy) is 1. The van der Waals surface area contributed by atoms with E-state index in [1.165, 1.54) is 18.2 Å². The van der Waals surface area contributed by atoms with Gasteiger partial charge in [-0.2, -0.15) is 5.10 Å². The second kappa shape index (κ2) is 5.96. The van der Waals surface area contributed by atoms with Crippen molar-refractivity contribution in [1.82, 2.24) is 9.78 Å². The number of carboxylic acid groups (broad SMARTS) is 1. The summed E-state index contributed by atoms with van der Waals surface area (Å²) < 4.78 is 7.30. The molecule has 0 saturated heterocycles. The molecule has 20 heavy (non-hydrogen) atoms. The van der Waals surface area contributed by atoms with Crippen LogP contribution >= 0.6 is 11.6 Å². The van der Waals surface area contributed by atoms with Gasteiger partial charge in [-0.3, -0.25) is 4.68 Å². The first-order valence-corrected chi connectivity index (χ1v) is 6.56. The second-order valence-corrected chi connectivity index (χ2v) is 4.77. The Labute approximate surface area is 121 Å². The maximum atomic E-state index is 11.1. The van der Waals surface area contributed by atoms with Crippen molar-refractivity contribution in [2.24, 2.45) is 7.05 Å². The molecule has 0 bridgehead atoms. The highest BCUT2D eigenvalue weighted by atomic mass is 35.5. The number of hydrogen-bond donors (Lipinski definition) is 1. The Morgan fingerprint density at radius 3 is 2.80 bits per heavy atom. The summed E-state index contributed by atoms with van der Waals surface area (Å²) in [6.45, 7) is 2.26. The molecule has 0 aliphatic carbocycles. The maximum Gasteiger partial charge on any atom is 0.339 e. The third-order valence-corrected chi connectivity index (χ3v) is 3.17. The average Bonchev–Trinajstić information content (AvgIpc) is 2.76. The number of benzene rings is 1. The van der Waals surface area contributed by atoms with Crippen LogP contribution < -0.4 is 4.74 Å². The molecule has 2 aromatic rings. The maximum absolute atomic E-state index is 11.1. The molecule has 106 valence electrons. The highest BCUT2D eigenvalue weighted by Gasteiger charge is 2.13. The second-order valence-electron chi connectivity index (χ2n) is 4.34. The van der Waals surface area contributed by atoms with Crippen LogP contribution in [0.4, 0.5) is 0 Å². The Morgan fingerprint density at radius 2 is 2.20 bits per heavy atom. The molecule has 0 radical (unpaired) electrons. The summed E-state index contributed by atoms with van der Waals surface area (Å²) in [4.78, 5) is 11.1. The minimum Gasteiger partial charge on any atom is -0.486 e. The van der Waals surface area contributed by atoms with Gasteiger partial charge in [-0.15, -0.1) is 0 Å². The quantitative estimate of drug-likeness (QED) is 0.921. The summed E-state index contributed by atoms with van der Waals surface area (Å²) in [5.41, 5.74) is 1.93. The summed E-state index contributed by atoms with van der Waals surface area (Å²) in [6.07, 6.45) is 0.839. The van der Waals surface area contributed by atoms with Crippen molar-refractivity contribution in [2.75, 3.05) is 0 Å². The molecule has 1 heterocycles. The minimum absolute atomic E-state index is 0.0901. The van der Waals surface area contributed by atoms with E-state index < -0.39 is 5.97 Å². The summed E-state index contributed by atoms with van der Waals surface area (Å²) >= 11 is 5.87. The molecular formula is C14H15ClN2O3. The molecule has 0 fully saturated rings. The van der Waals surface area contributed by atoms with E-state index >= 15 is 0 Å². The van der Waals surface area contributed by atoms with Gasteiger partial charge in [-0.25, -0.2) is 4.79 Å². The van der Waals surface area contributed by atoms with Gasteiger partial charge in [0.1, 0.15) is 17.9 Å². The summed E-state index contributed by atoms with van der Waals surface area (Å²) in [5.74, 6) is -0.792. The molecule has 0 saturated carbocycles. The molecule has 0 atom stereocenters. The number of carboxylic acids is 1. The van der Waals surface area contributed by atoms with Crippen LogP contribution in [0, 0.1) is 0 Å². The molecule has 0 aliphatic heterocycles. The first kappa shape index (κ1) is 14.4. The number of nitrogens with zero attached hydrogens (tertiary/aromatic N) is 2. The van der Waals surface area contributed by atoms with E-state index in [0.717, 1.165) is 17.8 Å². The number of rotatable bonds is 5. The molecule has 1 aromatic heterocycles. The zero-order valence-electron chi connectivity index (χ0n) is 11.3. The van der Waals surface area contributed by atoms with Crippen molar-refractivity contribution in [3.63, 3.8) is 0 Å². The van der Waals surface area contributed by atoms with Gasteiger partial charge in [0, 0.05) is 12.1 Å². The van der Waals surface area contributed by atoms with Gasteiger partial charge < -0.3 is 9.84 Å². The third kappa shape index (κ3) is 3.11. The minimum atomic E-state index is -1.05. The number of carbonyl (C=O) groups is 1. The Morgan fingerprint density at radius 1 is 1.45 bits per heavy atom. The van der Waals surface area contributed by atoms with Crippen LogP contribution in [0.25, 0.3) is 0 Å². The van der Waals surface area contributed by atoms with Gasteiger partial charge in [0.25, 0.3) is 0 Å². The van der Waals surface area contributed by atoms with Crippen LogP contribution in [0.2, 0.25) is 5.02 Å². The van der Waals surface area contributed by atoms with E-state index in [2.05, 4.69) is 5.10 Å². The summed E-state index contributed by atoms with van der Waals surface area (Å²) in [6, 6.07) is 6.39. The van der Waals surface area contributed by atoms with Gasteiger partial charge in [0.2, 0.25) is 0 Å². The first-order valence-electron chi connectivity index (χ1n) is 6.18. The van der Waals surface area contributed by atoms with Crippen LogP contribution in [0.1, 0.15) is 28.7 Å². The van der Waals surface area contributed by atoms with E-state index in [1.54, 1.807) is 4.68 Å². The van der Waals surface area contributed by atoms with Crippen molar-refractivity contribution in [3.8, 4) is 5.75 Å². The number of hydrogen-bond acceptors (Lipinski definition) is 3. The van der Waals surface area contributed by atoms with Crippen LogP contribution in [-0.2, 0) is 20.1 Å². The first-order chi connectivity index (χ1) is 9.51. The molecule has 0 amide bonds. The fraction of sp³-hybridized carbons (Fsp3) is 0.286. The van der Waals surface area contributed by atoms with E-state index in [9.17, 15) is 4.79 Å². The lowest BCUT2D eigenvalue weighted by atomic mass is 10.2. The summed E-state index contributed by atoms with van der Waals surface area (Å²) in [5, 5.41) is 13.9. The van der Waals surface area contributed by atoms with Crippen molar-refractivity contribution < 1.29 is 14.6 Å². The average molecular weight is 295 g/mol. The smallest absolute Gasteiger partial charge is 0.339 e. The number of aryl methyl sites for hydroxylation is 2. The van der Waals surface area contributed by atoms with E-state index in [4.69, 9.17) is 21.4 Å². The van der Waals surface area contributed by atoms with Crippen LogP contribution in [0.5, 0.6) is 5.75 Å². The summed E-state index contributed by atoms with van der Waals surface area (Å²) in [7, 11) is 1.83. The van der Waals surface area contributed by atoms with Gasteiger partial charge in [-0.05, 0) is 30.7 Å². The predicted molar refractivity (Wildman–Crippen MR) is 75.3 cm³/mol. The van der Waals surface area contributed by atoms with Gasteiger partial charge in [0.05, 0.1) is 11.4 Å². The lowest BCUT2D eigenvalue weighted by molar-refractivity contribution is 0.0691. The molecule has 1 aromatic carbocycles. The Balaban J connectivity index is 2.19. The standard InChI is InChI=1S/C14H15ClN2O3/c1-3-10-7-11(17(2)16-10)8-20-13-6-9(15)4-5-12(13)14(18)19/h4-7H,3,8H2,1-2H3,(H,18,19). The fourth-order valence-electron chi connectivity index (χ4n) is 1.82. The fourth-order valence-corrected chi connectivity index (χ4v) is 1.99. The molecular weight excluding hydrogens is 280 g/mol. The van der Waals surface area contributed by atoms with Crippen LogP contribution in [-0.4, -0.2) is 20.9 Å². The predicted octanol–water partition coefficient (Wildman–Crippen LogP) is 2.91. The van der Waals surface area contributed by atoms with E-state index in [1.807, 2.05) is 20.0 Å². The van der Waals surface area contributed by atoms with Crippen molar-refractivity contribution in [2.45, 2.75) is 20.0 Å². The number of aromatic nitrogens is 2. The molecule has 0 unspecified atom stereocenters. The highest BCUT2D eigenvalue weighted by molar-refractivity contribution is 6.30. The van der Waals surface area contributed by atoms with Crippen molar-refractivity contribution >= 4 is 17.6 Å². The molecule has 0 aliphatic rings. The largest absolute Gasteiger partial charge is 0.486 e. The van der Waals surface area contributed by atoms with Gasteiger partial charge in [0.15, 0.2) is 0 Å². The zero-order valence-corrected chi connectivity index (χ0v) is 12.0. The highest BCUT2D eigenvalue weighted by Crippen LogP contribution is 2.24. The molecule has 2 rings (SSSR count). The topological polar surface area (TPSA) is 64.3 Å². The van der Waals surface area contributed by atoms with Gasteiger partial charge in [-0.1, -0.05) is 18.5 Å². The molecule has 6 heteroatoms. The van der Waals surface area contributed by atoms with Gasteiger partial charge >= 0.3 is 5.97 Å². The molecule has 5 nitrogen and oxygen atoms in total. The third-order valence-electron chi connectivity index (χ3n) is 2.94. The lowest BCUT2D eigenvalue weighted by Gasteiger charge is -2.09. The van der Waals surface area contributed by atoms with E-state index in [-0.39, 0.29) is 17.9 Å². The van der Waals surface area contributed by atoms with Crippen LogP contribution in [0.15, 0.2) is 24.3 Å². The zero-order chi connectivity index (χ0) is 14.7. The SMILES string of the molecule is CCc1cc(COc2cc(Cl)ccc2C(=O)O)n(C)n1. The Kier molecular flexibility index (Phi) is 4.29. The Hall–Kier alpha value is -2.01. The number of aromatic carboxylic acids is 1. The normalized spacial score (nSPS) is 10.6. The van der Waals surface area contributed by atoms with Crippen molar-refractivity contribution in [1.29, 1.82) is 0 Å².